The van der Waals surface area contributed by atoms with Crippen molar-refractivity contribution in [2.24, 2.45) is 0 Å². The Bertz CT molecular complexity index is 182. The molecule has 0 saturated carbocycles. The van der Waals surface area contributed by atoms with Gasteiger partial charge in [0.25, 0.3) is 0 Å². The lowest BCUT2D eigenvalue weighted by Gasteiger charge is -2.20. The van der Waals surface area contributed by atoms with Crippen LogP contribution in [0.2, 0.25) is 0 Å². The average molecular weight is 285 g/mol. The van der Waals surface area contributed by atoms with Crippen molar-refractivity contribution in [3.05, 3.63) is 0 Å². The van der Waals surface area contributed by atoms with Gasteiger partial charge in [0, 0.05) is 12.6 Å². The average Bonchev–Trinajstić information content (AvgIpc) is 2.44. The van der Waals surface area contributed by atoms with Gasteiger partial charge in [-0.2, -0.15) is 0 Å². The molecule has 0 aromatic rings. The Balaban J connectivity index is 3.12. The van der Waals surface area contributed by atoms with Crippen molar-refractivity contribution in [1.82, 2.24) is 10.2 Å². The molecule has 0 aliphatic carbocycles. The first kappa shape index (κ1) is 19.9. The number of nitrogens with one attached hydrogen (secondary N) is 1. The van der Waals surface area contributed by atoms with Gasteiger partial charge in [-0.25, -0.2) is 0 Å². The number of hydrogen-bond acceptors (Lipinski definition) is 2. The maximum absolute atomic E-state index is 3.63. The minimum absolute atomic E-state index is 0.624. The molecule has 0 saturated heterocycles. The van der Waals surface area contributed by atoms with Gasteiger partial charge in [0.05, 0.1) is 0 Å². The van der Waals surface area contributed by atoms with Gasteiger partial charge in [-0.1, -0.05) is 71.6 Å². The van der Waals surface area contributed by atoms with Gasteiger partial charge in [-0.3, -0.25) is 0 Å². The molecule has 0 fully saturated rings. The van der Waals surface area contributed by atoms with E-state index in [1.54, 1.807) is 0 Å². The maximum atomic E-state index is 3.63. The van der Waals surface area contributed by atoms with Crippen LogP contribution in [0, 0.1) is 0 Å². The molecule has 1 unspecified atom stereocenters. The molecule has 0 aromatic heterocycles. The van der Waals surface area contributed by atoms with E-state index in [9.17, 15) is 0 Å². The Hall–Kier alpha value is -0.0800. The number of rotatable bonds is 15. The van der Waals surface area contributed by atoms with Crippen molar-refractivity contribution >= 4 is 0 Å². The molecule has 122 valence electrons. The highest BCUT2D eigenvalue weighted by atomic mass is 15.1. The summed E-state index contributed by atoms with van der Waals surface area (Å²) in [5.74, 6) is 0. The van der Waals surface area contributed by atoms with E-state index in [0.717, 1.165) is 13.1 Å². The zero-order valence-electron chi connectivity index (χ0n) is 14.7. The highest BCUT2D eigenvalue weighted by Gasteiger charge is 2.03. The summed E-state index contributed by atoms with van der Waals surface area (Å²) in [6.07, 6.45) is 14.2. The van der Waals surface area contributed by atoms with Gasteiger partial charge >= 0.3 is 0 Å². The number of hydrogen-bond donors (Lipinski definition) is 1. The van der Waals surface area contributed by atoms with Crippen LogP contribution in [0.15, 0.2) is 0 Å². The molecule has 0 aromatic carbocycles. The van der Waals surface area contributed by atoms with Crippen molar-refractivity contribution in [3.63, 3.8) is 0 Å². The minimum atomic E-state index is 0.624. The first-order valence-electron chi connectivity index (χ1n) is 9.12. The highest BCUT2D eigenvalue weighted by molar-refractivity contribution is 4.64. The fourth-order valence-electron chi connectivity index (χ4n) is 2.62. The third-order valence-electron chi connectivity index (χ3n) is 4.15. The van der Waals surface area contributed by atoms with Crippen LogP contribution in [0.25, 0.3) is 0 Å². The lowest BCUT2D eigenvalue weighted by atomic mass is 10.1. The molecule has 1 N–H and O–H groups in total. The van der Waals surface area contributed by atoms with Gasteiger partial charge in [0.2, 0.25) is 0 Å². The zero-order chi connectivity index (χ0) is 15.1. The third kappa shape index (κ3) is 14.3. The monoisotopic (exact) mass is 284 g/mol. The standard InChI is InChI=1S/C18H40N2/c1-5-7-8-9-10-11-12-13-14-15-16-19-18(3)17-20(4)6-2/h18-19H,5-17H2,1-4H3. The fraction of sp³-hybridized carbons (Fsp3) is 1.00. The summed E-state index contributed by atoms with van der Waals surface area (Å²) in [4.78, 5) is 2.37. The molecule has 0 radical (unpaired) electrons. The molecule has 0 rings (SSSR count). The lowest BCUT2D eigenvalue weighted by molar-refractivity contribution is 0.309. The van der Waals surface area contributed by atoms with Gasteiger partial charge < -0.3 is 10.2 Å². The summed E-state index contributed by atoms with van der Waals surface area (Å²) < 4.78 is 0. The van der Waals surface area contributed by atoms with Crippen LogP contribution in [-0.4, -0.2) is 37.6 Å². The maximum Gasteiger partial charge on any atom is 0.0166 e. The van der Waals surface area contributed by atoms with E-state index >= 15 is 0 Å². The largest absolute Gasteiger partial charge is 0.313 e. The molecule has 0 spiro atoms. The zero-order valence-corrected chi connectivity index (χ0v) is 14.7. The van der Waals surface area contributed by atoms with Crippen LogP contribution in [0.3, 0.4) is 0 Å². The van der Waals surface area contributed by atoms with E-state index in [1.807, 2.05) is 0 Å². The second kappa shape index (κ2) is 15.3. The predicted molar refractivity (Wildman–Crippen MR) is 92.5 cm³/mol. The van der Waals surface area contributed by atoms with E-state index in [2.05, 4.69) is 38.0 Å². The van der Waals surface area contributed by atoms with Crippen molar-refractivity contribution < 1.29 is 0 Å². The van der Waals surface area contributed by atoms with Gasteiger partial charge in [0.15, 0.2) is 0 Å². The summed E-state index contributed by atoms with van der Waals surface area (Å²) in [5, 5.41) is 3.63. The highest BCUT2D eigenvalue weighted by Crippen LogP contribution is 2.10. The van der Waals surface area contributed by atoms with Crippen LogP contribution in [0.1, 0.15) is 85.0 Å². The molecule has 1 atom stereocenters. The van der Waals surface area contributed by atoms with Crippen molar-refractivity contribution in [2.45, 2.75) is 91.0 Å². The smallest absolute Gasteiger partial charge is 0.0166 e. The summed E-state index contributed by atoms with van der Waals surface area (Å²) in [7, 11) is 2.19. The first-order valence-corrected chi connectivity index (χ1v) is 9.12. The van der Waals surface area contributed by atoms with Crippen LogP contribution in [-0.2, 0) is 0 Å². The normalized spacial score (nSPS) is 13.1. The van der Waals surface area contributed by atoms with Crippen molar-refractivity contribution in [3.8, 4) is 0 Å². The first-order chi connectivity index (χ1) is 9.70. The molecule has 0 aliphatic heterocycles. The fourth-order valence-corrected chi connectivity index (χ4v) is 2.62. The quantitative estimate of drug-likeness (QED) is 0.433. The topological polar surface area (TPSA) is 15.3 Å². The Morgan fingerprint density at radius 1 is 0.800 bits per heavy atom. The summed E-state index contributed by atoms with van der Waals surface area (Å²) >= 11 is 0. The molecule has 0 amide bonds. The van der Waals surface area contributed by atoms with E-state index in [0.29, 0.717) is 6.04 Å². The molecule has 2 nitrogen and oxygen atoms in total. The van der Waals surface area contributed by atoms with Crippen LogP contribution < -0.4 is 5.32 Å². The van der Waals surface area contributed by atoms with Crippen LogP contribution in [0.5, 0.6) is 0 Å². The molecular formula is C18H40N2. The second-order valence-electron chi connectivity index (χ2n) is 6.39. The number of likely N-dealkylation sites (N-methyl/N-ethyl adjacent to an activating group) is 1. The summed E-state index contributed by atoms with van der Waals surface area (Å²) in [5.41, 5.74) is 0. The Morgan fingerprint density at radius 2 is 1.30 bits per heavy atom. The van der Waals surface area contributed by atoms with Gasteiger partial charge in [-0.15, -0.1) is 0 Å². The molecule has 0 bridgehead atoms. The molecule has 20 heavy (non-hydrogen) atoms. The predicted octanol–water partition coefficient (Wildman–Crippen LogP) is 4.84. The third-order valence-corrected chi connectivity index (χ3v) is 4.15. The van der Waals surface area contributed by atoms with E-state index in [4.69, 9.17) is 0 Å². The number of unbranched alkanes of at least 4 members (excludes halogenated alkanes) is 9. The van der Waals surface area contributed by atoms with E-state index < -0.39 is 0 Å². The van der Waals surface area contributed by atoms with Crippen LogP contribution >= 0.6 is 0 Å². The summed E-state index contributed by atoms with van der Waals surface area (Å²) in [6.45, 7) is 10.3. The van der Waals surface area contributed by atoms with Crippen molar-refractivity contribution in [2.75, 3.05) is 26.7 Å². The Morgan fingerprint density at radius 3 is 1.80 bits per heavy atom. The molecule has 0 heterocycles. The van der Waals surface area contributed by atoms with Crippen LogP contribution in [0.4, 0.5) is 0 Å². The molecular weight excluding hydrogens is 244 g/mol. The molecule has 2 heteroatoms. The van der Waals surface area contributed by atoms with E-state index in [-0.39, 0.29) is 0 Å². The SMILES string of the molecule is CCCCCCCCCCCCNC(C)CN(C)CC. The minimum Gasteiger partial charge on any atom is -0.313 e. The Labute approximate surface area is 128 Å². The van der Waals surface area contributed by atoms with Gasteiger partial charge in [0.1, 0.15) is 0 Å². The lowest BCUT2D eigenvalue weighted by Crippen LogP contribution is -2.37. The summed E-state index contributed by atoms with van der Waals surface area (Å²) in [6, 6.07) is 0.624. The Kier molecular flexibility index (Phi) is 15.3. The second-order valence-corrected chi connectivity index (χ2v) is 6.39. The van der Waals surface area contributed by atoms with E-state index in [1.165, 1.54) is 70.8 Å². The molecule has 0 aliphatic rings. The number of nitrogens with zero attached hydrogens (tertiary/aromatic N) is 1. The van der Waals surface area contributed by atoms with Crippen molar-refractivity contribution in [1.29, 1.82) is 0 Å². The van der Waals surface area contributed by atoms with Gasteiger partial charge in [-0.05, 0) is 33.5 Å².